The molecule has 2 aromatic heterocycles. The molecule has 3 aromatic carbocycles. The van der Waals surface area contributed by atoms with E-state index in [4.69, 9.17) is 0 Å². The van der Waals surface area contributed by atoms with Crippen molar-refractivity contribution in [3.8, 4) is 22.4 Å². The number of aromatic carboxylic acids is 1. The number of hydrogen-bond donors (Lipinski definition) is 2. The molecule has 0 atom stereocenters. The summed E-state index contributed by atoms with van der Waals surface area (Å²) in [4.78, 5) is 25.3. The number of pyridine rings is 1. The summed E-state index contributed by atoms with van der Waals surface area (Å²) in [6.07, 6.45) is 1.74. The van der Waals surface area contributed by atoms with Crippen molar-refractivity contribution in [3.63, 3.8) is 0 Å². The number of benzene rings is 3. The van der Waals surface area contributed by atoms with Gasteiger partial charge in [0.1, 0.15) is 11.3 Å². The van der Waals surface area contributed by atoms with E-state index in [9.17, 15) is 14.7 Å². The Morgan fingerprint density at radius 2 is 1.44 bits per heavy atom. The topological polar surface area (TPSA) is 83.7 Å². The molecule has 0 aliphatic rings. The van der Waals surface area contributed by atoms with Gasteiger partial charge in [0.15, 0.2) is 0 Å². The van der Waals surface area contributed by atoms with Gasteiger partial charge in [-0.3, -0.25) is 4.79 Å². The van der Waals surface area contributed by atoms with Crippen molar-refractivity contribution in [2.75, 3.05) is 0 Å². The molecule has 0 radical (unpaired) electrons. The molecule has 0 aliphatic carbocycles. The number of carbonyl (C=O) groups excluding carboxylic acids is 1. The molecule has 0 spiro atoms. The number of carboxylic acids is 1. The maximum absolute atomic E-state index is 13.1. The molecule has 6 nitrogen and oxygen atoms in total. The maximum atomic E-state index is 13.1. The fraction of sp³-hybridized carbons (Fsp3) is 0.100. The molecular weight excluding hydrogens is 450 g/mol. The number of nitrogens with zero attached hydrogens (tertiary/aromatic N) is 2. The number of carboxylic acid groups (broad SMARTS) is 1. The van der Waals surface area contributed by atoms with E-state index in [2.05, 4.69) is 10.4 Å². The number of hydrogen-bond acceptors (Lipinski definition) is 3. The molecule has 0 aliphatic heterocycles. The molecule has 6 heteroatoms. The van der Waals surface area contributed by atoms with E-state index >= 15 is 0 Å². The second-order valence-electron chi connectivity index (χ2n) is 9.17. The van der Waals surface area contributed by atoms with Crippen LogP contribution in [-0.4, -0.2) is 26.6 Å². The fourth-order valence-electron chi connectivity index (χ4n) is 4.36. The summed E-state index contributed by atoms with van der Waals surface area (Å²) in [7, 11) is 0. The highest BCUT2D eigenvalue weighted by atomic mass is 16.4. The smallest absolute Gasteiger partial charge is 0.340 e. The van der Waals surface area contributed by atoms with Crippen LogP contribution in [0.3, 0.4) is 0 Å². The van der Waals surface area contributed by atoms with Gasteiger partial charge in [-0.25, -0.2) is 9.31 Å². The van der Waals surface area contributed by atoms with Crippen molar-refractivity contribution in [2.24, 2.45) is 0 Å². The van der Waals surface area contributed by atoms with Crippen LogP contribution in [0.25, 0.3) is 27.9 Å². The third-order valence-corrected chi connectivity index (χ3v) is 6.28. The first-order chi connectivity index (χ1) is 17.3. The van der Waals surface area contributed by atoms with Crippen molar-refractivity contribution in [1.29, 1.82) is 0 Å². The van der Waals surface area contributed by atoms with Crippen molar-refractivity contribution >= 4 is 17.4 Å². The summed E-state index contributed by atoms with van der Waals surface area (Å²) in [5.74, 6) is -1.23. The summed E-state index contributed by atoms with van der Waals surface area (Å²) in [5, 5.41) is 17.6. The Morgan fingerprint density at radius 3 is 2.14 bits per heavy atom. The van der Waals surface area contributed by atoms with Crippen LogP contribution in [0, 0.1) is 0 Å². The number of carbonyl (C=O) groups is 2. The largest absolute Gasteiger partial charge is 0.478 e. The third-order valence-electron chi connectivity index (χ3n) is 6.28. The Morgan fingerprint density at radius 1 is 0.806 bits per heavy atom. The molecule has 2 N–H and O–H groups in total. The predicted molar refractivity (Wildman–Crippen MR) is 140 cm³/mol. The minimum absolute atomic E-state index is 0.140. The first-order valence-corrected chi connectivity index (χ1v) is 11.6. The first-order valence-electron chi connectivity index (χ1n) is 11.6. The van der Waals surface area contributed by atoms with Crippen LogP contribution < -0.4 is 5.32 Å². The molecule has 0 saturated carbocycles. The quantitative estimate of drug-likeness (QED) is 0.314. The number of rotatable bonds is 6. The minimum atomic E-state index is -1.04. The van der Waals surface area contributed by atoms with Crippen LogP contribution in [0.4, 0.5) is 0 Å². The number of fused-ring (bicyclic) bond motifs is 1. The van der Waals surface area contributed by atoms with Crippen LogP contribution in [0.2, 0.25) is 0 Å². The van der Waals surface area contributed by atoms with Crippen LogP contribution >= 0.6 is 0 Å². The highest BCUT2D eigenvalue weighted by molar-refractivity contribution is 6.03. The zero-order valence-corrected chi connectivity index (χ0v) is 20.0. The van der Waals surface area contributed by atoms with E-state index in [-0.39, 0.29) is 11.5 Å². The van der Waals surface area contributed by atoms with E-state index in [1.54, 1.807) is 22.8 Å². The summed E-state index contributed by atoms with van der Waals surface area (Å²) < 4.78 is 1.58. The Kier molecular flexibility index (Phi) is 5.86. The van der Waals surface area contributed by atoms with Crippen LogP contribution in [-0.2, 0) is 5.54 Å². The Balaban J connectivity index is 1.50. The van der Waals surface area contributed by atoms with Gasteiger partial charge in [0.05, 0.1) is 11.1 Å². The van der Waals surface area contributed by atoms with Crippen molar-refractivity contribution in [1.82, 2.24) is 14.9 Å². The fourth-order valence-corrected chi connectivity index (χ4v) is 4.36. The Hall–Kier alpha value is -4.71. The van der Waals surface area contributed by atoms with E-state index in [1.165, 1.54) is 0 Å². The van der Waals surface area contributed by atoms with E-state index in [1.807, 2.05) is 98.8 Å². The van der Waals surface area contributed by atoms with E-state index in [0.29, 0.717) is 16.8 Å². The Bertz CT molecular complexity index is 1570. The Labute approximate surface area is 208 Å². The molecule has 0 unspecified atom stereocenters. The molecule has 2 heterocycles. The van der Waals surface area contributed by atoms with E-state index in [0.717, 1.165) is 22.3 Å². The molecule has 36 heavy (non-hydrogen) atoms. The van der Waals surface area contributed by atoms with Gasteiger partial charge >= 0.3 is 5.97 Å². The zero-order chi connectivity index (χ0) is 25.3. The summed E-state index contributed by atoms with van der Waals surface area (Å²) >= 11 is 0. The lowest BCUT2D eigenvalue weighted by atomic mass is 9.93. The summed E-state index contributed by atoms with van der Waals surface area (Å²) in [6, 6.07) is 30.1. The normalized spacial score (nSPS) is 11.4. The number of amides is 1. The van der Waals surface area contributed by atoms with Gasteiger partial charge in [-0.05, 0) is 54.8 Å². The molecule has 0 bridgehead atoms. The molecule has 0 fully saturated rings. The van der Waals surface area contributed by atoms with Crippen molar-refractivity contribution in [3.05, 3.63) is 120 Å². The number of aromatic nitrogens is 2. The predicted octanol–water partition coefficient (Wildman–Crippen LogP) is 6.03. The summed E-state index contributed by atoms with van der Waals surface area (Å²) in [6.45, 7) is 3.94. The highest BCUT2D eigenvalue weighted by Gasteiger charge is 2.24. The van der Waals surface area contributed by atoms with Crippen molar-refractivity contribution in [2.45, 2.75) is 19.4 Å². The lowest BCUT2D eigenvalue weighted by molar-refractivity contribution is 0.0699. The van der Waals surface area contributed by atoms with Crippen molar-refractivity contribution < 1.29 is 14.7 Å². The monoisotopic (exact) mass is 475 g/mol. The average molecular weight is 476 g/mol. The molecule has 0 saturated heterocycles. The average Bonchev–Trinajstić information content (AvgIpc) is 3.29. The van der Waals surface area contributed by atoms with Gasteiger partial charge in [0.25, 0.3) is 5.91 Å². The standard InChI is InChI=1S/C30H25N3O3/c1-30(2,24-14-7-4-8-15-24)31-28(34)23-13-9-12-21(18-23)22-16-17-33-25(19-22)26(29(35)36)27(32-33)20-10-5-3-6-11-20/h3-19H,1-2H3,(H,31,34)(H,35,36). The highest BCUT2D eigenvalue weighted by Crippen LogP contribution is 2.30. The second-order valence-corrected chi connectivity index (χ2v) is 9.17. The minimum Gasteiger partial charge on any atom is -0.478 e. The molecule has 5 aromatic rings. The molecule has 178 valence electrons. The van der Waals surface area contributed by atoms with Gasteiger partial charge in [-0.15, -0.1) is 0 Å². The van der Waals surface area contributed by atoms with Crippen LogP contribution in [0.5, 0.6) is 0 Å². The second kappa shape index (κ2) is 9.15. The SMILES string of the molecule is CC(C)(NC(=O)c1cccc(-c2ccn3nc(-c4ccccc4)c(C(=O)O)c3c2)c1)c1ccccc1. The van der Waals surface area contributed by atoms with Crippen LogP contribution in [0.1, 0.15) is 40.1 Å². The lowest BCUT2D eigenvalue weighted by Gasteiger charge is -2.27. The molecular formula is C30H25N3O3. The zero-order valence-electron chi connectivity index (χ0n) is 20.0. The van der Waals surface area contributed by atoms with Gasteiger partial charge in [0, 0.05) is 17.3 Å². The van der Waals surface area contributed by atoms with Gasteiger partial charge in [-0.2, -0.15) is 5.10 Å². The first kappa shape index (κ1) is 23.1. The molecule has 5 rings (SSSR count). The van der Waals surface area contributed by atoms with E-state index < -0.39 is 11.5 Å². The summed E-state index contributed by atoms with van der Waals surface area (Å²) in [5.41, 5.74) is 4.36. The molecule has 1 amide bonds. The lowest BCUT2D eigenvalue weighted by Crippen LogP contribution is -2.40. The van der Waals surface area contributed by atoms with Gasteiger partial charge in [0.2, 0.25) is 0 Å². The van der Waals surface area contributed by atoms with Gasteiger partial charge < -0.3 is 10.4 Å². The maximum Gasteiger partial charge on any atom is 0.340 e. The van der Waals surface area contributed by atoms with Gasteiger partial charge in [-0.1, -0.05) is 72.8 Å². The number of nitrogens with one attached hydrogen (secondary N) is 1. The third kappa shape index (κ3) is 4.36. The van der Waals surface area contributed by atoms with Crippen LogP contribution in [0.15, 0.2) is 103 Å².